The number of rotatable bonds is 12. The molecule has 7 nitrogen and oxygen atoms in total. The van der Waals surface area contributed by atoms with Crippen LogP contribution < -0.4 is 5.32 Å². The molecule has 1 rings (SSSR count). The first-order chi connectivity index (χ1) is 13.8. The van der Waals surface area contributed by atoms with Crippen molar-refractivity contribution in [3.63, 3.8) is 0 Å². The molecule has 0 heterocycles. The van der Waals surface area contributed by atoms with Gasteiger partial charge >= 0.3 is 0 Å². The number of phenolic OH excluding ortho intramolecular Hbond substituents is 2. The van der Waals surface area contributed by atoms with Gasteiger partial charge in [-0.2, -0.15) is 0 Å². The summed E-state index contributed by atoms with van der Waals surface area (Å²) in [7, 11) is 0. The third-order valence-electron chi connectivity index (χ3n) is 6.01. The van der Waals surface area contributed by atoms with Gasteiger partial charge in [0.1, 0.15) is 0 Å². The summed E-state index contributed by atoms with van der Waals surface area (Å²) in [6, 6.07) is 3.77. The summed E-state index contributed by atoms with van der Waals surface area (Å²) in [5, 5.41) is 42.1. The van der Waals surface area contributed by atoms with E-state index in [0.29, 0.717) is 12.8 Å². The highest BCUT2D eigenvalue weighted by Gasteiger charge is 2.37. The van der Waals surface area contributed by atoms with E-state index in [2.05, 4.69) is 26.1 Å². The van der Waals surface area contributed by atoms with E-state index < -0.39 is 18.1 Å². The van der Waals surface area contributed by atoms with Gasteiger partial charge in [-0.15, -0.1) is 0 Å². The molecule has 0 aliphatic heterocycles. The molecular formula is C23H39NO6. The smallest absolute Gasteiger partial charge is 0.251 e. The van der Waals surface area contributed by atoms with Crippen LogP contribution in [0, 0.1) is 10.8 Å². The SMILES string of the molecule is CCC(O)C(C)(C)CC(OCC(O)CNC(=O)c1ccc(O)c(O)c1)C(C)(C)CC. The molecule has 0 bridgehead atoms. The van der Waals surface area contributed by atoms with Gasteiger partial charge in [-0.1, -0.05) is 41.5 Å². The van der Waals surface area contributed by atoms with Crippen molar-refractivity contribution in [3.8, 4) is 11.5 Å². The van der Waals surface area contributed by atoms with E-state index in [4.69, 9.17) is 4.74 Å². The first-order valence-electron chi connectivity index (χ1n) is 10.6. The fraction of sp³-hybridized carbons (Fsp3) is 0.696. The highest BCUT2D eigenvalue weighted by atomic mass is 16.5. The van der Waals surface area contributed by atoms with Crippen LogP contribution in [0.5, 0.6) is 11.5 Å². The fourth-order valence-corrected chi connectivity index (χ4v) is 3.22. The average Bonchev–Trinajstić information content (AvgIpc) is 2.70. The van der Waals surface area contributed by atoms with E-state index in [1.807, 2.05) is 20.8 Å². The molecule has 0 aliphatic rings. The maximum absolute atomic E-state index is 12.2. The van der Waals surface area contributed by atoms with E-state index in [1.165, 1.54) is 12.1 Å². The van der Waals surface area contributed by atoms with Gasteiger partial charge in [-0.3, -0.25) is 4.79 Å². The van der Waals surface area contributed by atoms with E-state index in [9.17, 15) is 25.2 Å². The molecule has 0 spiro atoms. The molecule has 0 saturated carbocycles. The number of carbonyl (C=O) groups excluding carboxylic acids is 1. The van der Waals surface area contributed by atoms with E-state index in [-0.39, 0.29) is 47.1 Å². The predicted molar refractivity (Wildman–Crippen MR) is 117 cm³/mol. The zero-order valence-electron chi connectivity index (χ0n) is 19.1. The van der Waals surface area contributed by atoms with Crippen LogP contribution in [0.3, 0.4) is 0 Å². The third-order valence-corrected chi connectivity index (χ3v) is 6.01. The summed E-state index contributed by atoms with van der Waals surface area (Å²) in [4.78, 5) is 12.2. The van der Waals surface area contributed by atoms with Gasteiger partial charge in [0.25, 0.3) is 5.91 Å². The van der Waals surface area contributed by atoms with Crippen LogP contribution in [-0.2, 0) is 4.74 Å². The van der Waals surface area contributed by atoms with Gasteiger partial charge in [-0.05, 0) is 48.3 Å². The number of hydrogen-bond acceptors (Lipinski definition) is 6. The lowest BCUT2D eigenvalue weighted by Gasteiger charge is -2.40. The van der Waals surface area contributed by atoms with Gasteiger partial charge in [0.2, 0.25) is 0 Å². The van der Waals surface area contributed by atoms with Crippen molar-refractivity contribution >= 4 is 5.91 Å². The van der Waals surface area contributed by atoms with Crippen molar-refractivity contribution in [1.29, 1.82) is 0 Å². The molecule has 172 valence electrons. The van der Waals surface area contributed by atoms with Crippen LogP contribution in [0.2, 0.25) is 0 Å². The predicted octanol–water partition coefficient (Wildman–Crippen LogP) is 3.20. The van der Waals surface area contributed by atoms with Crippen LogP contribution in [-0.4, -0.2) is 57.8 Å². The second-order valence-electron chi connectivity index (χ2n) is 9.35. The Bertz CT molecular complexity index is 688. The third kappa shape index (κ3) is 7.45. The molecule has 0 radical (unpaired) electrons. The van der Waals surface area contributed by atoms with Crippen molar-refractivity contribution in [2.24, 2.45) is 10.8 Å². The van der Waals surface area contributed by atoms with Gasteiger partial charge in [-0.25, -0.2) is 0 Å². The Morgan fingerprint density at radius 1 is 1.07 bits per heavy atom. The standard InChI is InChI=1S/C23H39NO6/c1-7-19(28)23(5,6)12-20(22(3,4)8-2)30-14-16(25)13-24-21(29)15-9-10-17(26)18(27)11-15/h9-11,16,19-20,25-28H,7-8,12-14H2,1-6H3,(H,24,29). The summed E-state index contributed by atoms with van der Waals surface area (Å²) >= 11 is 0. The molecule has 0 saturated heterocycles. The lowest BCUT2D eigenvalue weighted by atomic mass is 9.72. The number of carbonyl (C=O) groups is 1. The first kappa shape index (κ1) is 26.2. The van der Waals surface area contributed by atoms with E-state index >= 15 is 0 Å². The Labute approximate surface area is 180 Å². The van der Waals surface area contributed by atoms with Crippen LogP contribution >= 0.6 is 0 Å². The Morgan fingerprint density at radius 2 is 1.70 bits per heavy atom. The van der Waals surface area contributed by atoms with Gasteiger partial charge in [0.15, 0.2) is 11.5 Å². The maximum Gasteiger partial charge on any atom is 0.251 e. The number of ether oxygens (including phenoxy) is 1. The molecule has 3 atom stereocenters. The van der Waals surface area contributed by atoms with Crippen molar-refractivity contribution < 1.29 is 30.0 Å². The number of phenols is 2. The largest absolute Gasteiger partial charge is 0.504 e. The minimum Gasteiger partial charge on any atom is -0.504 e. The molecule has 0 aliphatic carbocycles. The molecule has 1 aromatic rings. The number of amides is 1. The molecule has 7 heteroatoms. The van der Waals surface area contributed by atoms with Crippen LogP contribution in [0.1, 0.15) is 71.2 Å². The van der Waals surface area contributed by atoms with Gasteiger partial charge in [0.05, 0.1) is 24.9 Å². The molecule has 5 N–H and O–H groups in total. The monoisotopic (exact) mass is 425 g/mol. The quantitative estimate of drug-likeness (QED) is 0.328. The molecule has 3 unspecified atom stereocenters. The topological polar surface area (TPSA) is 119 Å². The normalized spacial score (nSPS) is 15.5. The Morgan fingerprint density at radius 3 is 2.23 bits per heavy atom. The number of nitrogens with one attached hydrogen (secondary N) is 1. The number of aliphatic hydroxyl groups is 2. The molecule has 1 amide bonds. The average molecular weight is 426 g/mol. The summed E-state index contributed by atoms with van der Waals surface area (Å²) in [5.41, 5.74) is -0.290. The van der Waals surface area contributed by atoms with E-state index in [0.717, 1.165) is 12.5 Å². The Balaban J connectivity index is 2.67. The van der Waals surface area contributed by atoms with Gasteiger partial charge in [0, 0.05) is 12.1 Å². The summed E-state index contributed by atoms with van der Waals surface area (Å²) < 4.78 is 6.08. The van der Waals surface area contributed by atoms with Crippen molar-refractivity contribution in [2.45, 2.75) is 79.1 Å². The second-order valence-corrected chi connectivity index (χ2v) is 9.35. The van der Waals surface area contributed by atoms with Crippen molar-refractivity contribution in [2.75, 3.05) is 13.2 Å². The molecular weight excluding hydrogens is 386 g/mol. The highest BCUT2D eigenvalue weighted by molar-refractivity contribution is 5.94. The molecule has 0 aromatic heterocycles. The first-order valence-corrected chi connectivity index (χ1v) is 10.6. The van der Waals surface area contributed by atoms with Crippen molar-refractivity contribution in [1.82, 2.24) is 5.32 Å². The summed E-state index contributed by atoms with van der Waals surface area (Å²) in [6.45, 7) is 12.3. The lowest BCUT2D eigenvalue weighted by Crippen LogP contribution is -2.42. The number of benzene rings is 1. The minimum atomic E-state index is -0.908. The maximum atomic E-state index is 12.2. The molecule has 1 aromatic carbocycles. The highest BCUT2D eigenvalue weighted by Crippen LogP contribution is 2.38. The van der Waals surface area contributed by atoms with Crippen LogP contribution in [0.25, 0.3) is 0 Å². The molecule has 30 heavy (non-hydrogen) atoms. The van der Waals surface area contributed by atoms with E-state index in [1.54, 1.807) is 0 Å². The second kappa shape index (κ2) is 11.0. The Kier molecular flexibility index (Phi) is 9.59. The van der Waals surface area contributed by atoms with Crippen LogP contribution in [0.4, 0.5) is 0 Å². The number of aliphatic hydroxyl groups excluding tert-OH is 2. The summed E-state index contributed by atoms with van der Waals surface area (Å²) in [5.74, 6) is -1.16. The summed E-state index contributed by atoms with van der Waals surface area (Å²) in [6.07, 6.45) is 0.671. The van der Waals surface area contributed by atoms with Gasteiger partial charge < -0.3 is 30.5 Å². The molecule has 0 fully saturated rings. The fourth-order valence-electron chi connectivity index (χ4n) is 3.22. The van der Waals surface area contributed by atoms with Crippen molar-refractivity contribution in [3.05, 3.63) is 23.8 Å². The minimum absolute atomic E-state index is 0.0132. The van der Waals surface area contributed by atoms with Crippen LogP contribution in [0.15, 0.2) is 18.2 Å². The zero-order chi connectivity index (χ0) is 23.1. The lowest BCUT2D eigenvalue weighted by molar-refractivity contribution is -0.0941. The Hall–Kier alpha value is -1.83. The zero-order valence-corrected chi connectivity index (χ0v) is 19.1. The number of aromatic hydroxyl groups is 2. The number of hydrogen-bond donors (Lipinski definition) is 5.